The van der Waals surface area contributed by atoms with Gasteiger partial charge < -0.3 is 15.2 Å². The Morgan fingerprint density at radius 1 is 1.33 bits per heavy atom. The molecule has 1 aromatic carbocycles. The molecule has 1 aliphatic rings. The summed E-state index contributed by atoms with van der Waals surface area (Å²) in [6.07, 6.45) is 1.62. The van der Waals surface area contributed by atoms with Gasteiger partial charge in [0.15, 0.2) is 11.5 Å². The smallest absolute Gasteiger partial charge is 0.257 e. The summed E-state index contributed by atoms with van der Waals surface area (Å²) in [7, 11) is 0. The van der Waals surface area contributed by atoms with Gasteiger partial charge in [-0.25, -0.2) is 0 Å². The topological polar surface area (TPSA) is 99.4 Å². The van der Waals surface area contributed by atoms with Crippen molar-refractivity contribution in [3.8, 4) is 11.5 Å². The number of ether oxygens (including phenoxy) is 2. The van der Waals surface area contributed by atoms with E-state index in [9.17, 15) is 4.79 Å². The van der Waals surface area contributed by atoms with Gasteiger partial charge in [-0.15, -0.1) is 10.2 Å². The fourth-order valence-electron chi connectivity index (χ4n) is 1.87. The number of nitrogens with one attached hydrogen (secondary N) is 1. The second-order valence-corrected chi connectivity index (χ2v) is 5.48. The summed E-state index contributed by atoms with van der Waals surface area (Å²) in [5.74, 6) is 0.963. The second-order valence-electron chi connectivity index (χ2n) is 4.42. The molecule has 0 atom stereocenters. The van der Waals surface area contributed by atoms with Gasteiger partial charge in [-0.2, -0.15) is 0 Å². The van der Waals surface area contributed by atoms with Crippen LogP contribution in [0.4, 0.5) is 5.13 Å². The van der Waals surface area contributed by atoms with Gasteiger partial charge in [0.2, 0.25) is 11.9 Å². The van der Waals surface area contributed by atoms with Crippen LogP contribution in [0.15, 0.2) is 18.2 Å². The third-order valence-electron chi connectivity index (χ3n) is 2.92. The summed E-state index contributed by atoms with van der Waals surface area (Å²) in [6, 6.07) is 5.04. The van der Waals surface area contributed by atoms with Crippen LogP contribution in [0.5, 0.6) is 11.5 Å². The molecule has 0 spiro atoms. The Morgan fingerprint density at radius 3 is 3.05 bits per heavy atom. The van der Waals surface area contributed by atoms with E-state index in [1.165, 1.54) is 11.3 Å². The maximum Gasteiger partial charge on any atom is 0.257 e. The van der Waals surface area contributed by atoms with Crippen molar-refractivity contribution in [3.05, 3.63) is 28.8 Å². The maximum atomic E-state index is 12.1. The standard InChI is InChI=1S/C13H14N4O3S/c14-5-1-2-11-16-17-13(21-11)15-12(18)8-3-4-9-10(6-8)20-7-19-9/h3-4,6H,1-2,5,7,14H2,(H,15,17,18). The predicted molar refractivity (Wildman–Crippen MR) is 77.8 cm³/mol. The SMILES string of the molecule is NCCCc1nnc(NC(=O)c2ccc3c(c2)OCO3)s1. The van der Waals surface area contributed by atoms with E-state index >= 15 is 0 Å². The van der Waals surface area contributed by atoms with Crippen LogP contribution in [0.2, 0.25) is 0 Å². The van der Waals surface area contributed by atoms with Crippen molar-refractivity contribution in [1.29, 1.82) is 0 Å². The van der Waals surface area contributed by atoms with E-state index in [1.807, 2.05) is 0 Å². The molecule has 7 nitrogen and oxygen atoms in total. The van der Waals surface area contributed by atoms with Crippen molar-refractivity contribution >= 4 is 22.4 Å². The lowest BCUT2D eigenvalue weighted by atomic mass is 10.2. The number of hydrogen-bond donors (Lipinski definition) is 2. The van der Waals surface area contributed by atoms with Crippen molar-refractivity contribution in [2.24, 2.45) is 5.73 Å². The van der Waals surface area contributed by atoms with Crippen LogP contribution in [-0.2, 0) is 6.42 Å². The van der Waals surface area contributed by atoms with Gasteiger partial charge in [0.1, 0.15) is 5.01 Å². The monoisotopic (exact) mass is 306 g/mol. The number of amides is 1. The van der Waals surface area contributed by atoms with Crippen LogP contribution in [0.25, 0.3) is 0 Å². The van der Waals surface area contributed by atoms with E-state index in [0.29, 0.717) is 28.7 Å². The number of hydrogen-bond acceptors (Lipinski definition) is 7. The largest absolute Gasteiger partial charge is 0.454 e. The molecule has 3 rings (SSSR count). The highest BCUT2D eigenvalue weighted by atomic mass is 32.1. The van der Waals surface area contributed by atoms with Crippen LogP contribution >= 0.6 is 11.3 Å². The molecule has 1 aromatic heterocycles. The summed E-state index contributed by atoms with van der Waals surface area (Å²) < 4.78 is 10.5. The Kier molecular flexibility index (Phi) is 3.98. The summed E-state index contributed by atoms with van der Waals surface area (Å²) in [5.41, 5.74) is 5.93. The molecule has 3 N–H and O–H groups in total. The molecular formula is C13H14N4O3S. The highest BCUT2D eigenvalue weighted by Crippen LogP contribution is 2.32. The Morgan fingerprint density at radius 2 is 2.19 bits per heavy atom. The number of aryl methyl sites for hydroxylation is 1. The van der Waals surface area contributed by atoms with E-state index in [0.717, 1.165) is 17.8 Å². The van der Waals surface area contributed by atoms with Crippen LogP contribution in [0, 0.1) is 0 Å². The number of fused-ring (bicyclic) bond motifs is 1. The van der Waals surface area contributed by atoms with E-state index < -0.39 is 0 Å². The van der Waals surface area contributed by atoms with Gasteiger partial charge in [0, 0.05) is 12.0 Å². The van der Waals surface area contributed by atoms with Gasteiger partial charge in [0.25, 0.3) is 5.91 Å². The molecule has 0 fully saturated rings. The van der Waals surface area contributed by atoms with Gasteiger partial charge in [0.05, 0.1) is 0 Å². The van der Waals surface area contributed by atoms with Crippen LogP contribution < -0.4 is 20.5 Å². The van der Waals surface area contributed by atoms with E-state index in [1.54, 1.807) is 18.2 Å². The Balaban J connectivity index is 1.67. The number of carbonyl (C=O) groups is 1. The molecule has 0 radical (unpaired) electrons. The number of carbonyl (C=O) groups excluding carboxylic acids is 1. The quantitative estimate of drug-likeness (QED) is 0.866. The molecule has 0 saturated heterocycles. The van der Waals surface area contributed by atoms with Crippen molar-refractivity contribution < 1.29 is 14.3 Å². The zero-order valence-corrected chi connectivity index (χ0v) is 12.0. The minimum atomic E-state index is -0.255. The fraction of sp³-hybridized carbons (Fsp3) is 0.308. The first-order valence-corrected chi connectivity index (χ1v) is 7.31. The molecule has 0 unspecified atom stereocenters. The number of nitrogens with zero attached hydrogens (tertiary/aromatic N) is 2. The predicted octanol–water partition coefficient (Wildman–Crippen LogP) is 1.41. The highest BCUT2D eigenvalue weighted by molar-refractivity contribution is 7.15. The Hall–Kier alpha value is -2.19. The first kappa shape index (κ1) is 13.8. The number of rotatable bonds is 5. The zero-order chi connectivity index (χ0) is 14.7. The van der Waals surface area contributed by atoms with Gasteiger partial charge in [-0.3, -0.25) is 10.1 Å². The Labute approximate surface area is 125 Å². The minimum Gasteiger partial charge on any atom is -0.454 e. The third kappa shape index (κ3) is 3.11. The van der Waals surface area contributed by atoms with Gasteiger partial charge in [-0.1, -0.05) is 11.3 Å². The molecule has 1 amide bonds. The summed E-state index contributed by atoms with van der Waals surface area (Å²) in [5, 5.41) is 12.0. The average molecular weight is 306 g/mol. The molecule has 0 bridgehead atoms. The molecule has 2 heterocycles. The fourth-order valence-corrected chi connectivity index (χ4v) is 2.64. The molecule has 21 heavy (non-hydrogen) atoms. The molecule has 8 heteroatoms. The summed E-state index contributed by atoms with van der Waals surface area (Å²) >= 11 is 1.36. The maximum absolute atomic E-state index is 12.1. The zero-order valence-electron chi connectivity index (χ0n) is 11.2. The van der Waals surface area contributed by atoms with Crippen LogP contribution in [0.3, 0.4) is 0 Å². The van der Waals surface area contributed by atoms with Crippen molar-refractivity contribution in [2.75, 3.05) is 18.7 Å². The molecule has 110 valence electrons. The van der Waals surface area contributed by atoms with Crippen molar-refractivity contribution in [3.63, 3.8) is 0 Å². The normalized spacial score (nSPS) is 12.4. The average Bonchev–Trinajstić information content (AvgIpc) is 3.12. The first-order valence-electron chi connectivity index (χ1n) is 6.50. The minimum absolute atomic E-state index is 0.182. The summed E-state index contributed by atoms with van der Waals surface area (Å²) in [6.45, 7) is 0.791. The highest BCUT2D eigenvalue weighted by Gasteiger charge is 2.17. The number of nitrogens with two attached hydrogens (primary N) is 1. The van der Waals surface area contributed by atoms with Gasteiger partial charge in [-0.05, 0) is 31.2 Å². The van der Waals surface area contributed by atoms with Crippen molar-refractivity contribution in [2.45, 2.75) is 12.8 Å². The van der Waals surface area contributed by atoms with Crippen LogP contribution in [0.1, 0.15) is 21.8 Å². The lowest BCUT2D eigenvalue weighted by Crippen LogP contribution is -2.11. The molecular weight excluding hydrogens is 292 g/mol. The first-order chi connectivity index (χ1) is 10.3. The molecule has 0 saturated carbocycles. The molecule has 1 aliphatic heterocycles. The lowest BCUT2D eigenvalue weighted by Gasteiger charge is -2.02. The molecule has 0 aliphatic carbocycles. The Bertz CT molecular complexity index is 659. The third-order valence-corrected chi connectivity index (χ3v) is 3.82. The lowest BCUT2D eigenvalue weighted by molar-refractivity contribution is 0.102. The summed E-state index contributed by atoms with van der Waals surface area (Å²) in [4.78, 5) is 12.1. The van der Waals surface area contributed by atoms with Crippen molar-refractivity contribution in [1.82, 2.24) is 10.2 Å². The van der Waals surface area contributed by atoms with E-state index in [4.69, 9.17) is 15.2 Å². The second kappa shape index (κ2) is 6.06. The number of anilines is 1. The number of aromatic nitrogens is 2. The van der Waals surface area contributed by atoms with Gasteiger partial charge >= 0.3 is 0 Å². The van der Waals surface area contributed by atoms with E-state index in [2.05, 4.69) is 15.5 Å². The van der Waals surface area contributed by atoms with Crippen LogP contribution in [-0.4, -0.2) is 29.4 Å². The molecule has 2 aromatic rings. The van der Waals surface area contributed by atoms with E-state index in [-0.39, 0.29) is 12.7 Å². The number of benzene rings is 1.